The van der Waals surface area contributed by atoms with E-state index in [2.05, 4.69) is 31.3 Å². The number of hydrogen-bond donors (Lipinski definition) is 3. The topological polar surface area (TPSA) is 95.6 Å². The summed E-state index contributed by atoms with van der Waals surface area (Å²) in [6.07, 6.45) is 4.87. The fraction of sp³-hybridized carbons (Fsp3) is 0.800. The van der Waals surface area contributed by atoms with Crippen LogP contribution in [0.2, 0.25) is 0 Å². The SMILES string of the molecule is CC(NC(=O)CNC1CCCC1)c1nn[nH]n1. The largest absolute Gasteiger partial charge is 0.345 e. The maximum atomic E-state index is 11.6. The number of carbonyl (C=O) groups excluding carboxylic acids is 1. The Morgan fingerprint density at radius 3 is 2.94 bits per heavy atom. The minimum atomic E-state index is -0.216. The molecule has 3 N–H and O–H groups in total. The Morgan fingerprint density at radius 1 is 1.53 bits per heavy atom. The molecular weight excluding hydrogens is 220 g/mol. The van der Waals surface area contributed by atoms with Crippen molar-refractivity contribution in [2.75, 3.05) is 6.54 Å². The van der Waals surface area contributed by atoms with Gasteiger partial charge in [-0.05, 0) is 19.8 Å². The predicted octanol–water partition coefficient (Wildman–Crippen LogP) is -0.0909. The number of rotatable bonds is 5. The smallest absolute Gasteiger partial charge is 0.234 e. The Labute approximate surface area is 99.7 Å². The lowest BCUT2D eigenvalue weighted by Crippen LogP contribution is -2.39. The number of aromatic amines is 1. The normalized spacial score (nSPS) is 18.2. The Hall–Kier alpha value is -1.50. The lowest BCUT2D eigenvalue weighted by molar-refractivity contribution is -0.121. The highest BCUT2D eigenvalue weighted by Crippen LogP contribution is 2.17. The van der Waals surface area contributed by atoms with Gasteiger partial charge in [0, 0.05) is 6.04 Å². The second-order valence-corrected chi connectivity index (χ2v) is 4.42. The summed E-state index contributed by atoms with van der Waals surface area (Å²) in [4.78, 5) is 11.6. The van der Waals surface area contributed by atoms with E-state index in [1.807, 2.05) is 6.92 Å². The first-order valence-electron chi connectivity index (χ1n) is 6.02. The van der Waals surface area contributed by atoms with Crippen molar-refractivity contribution in [2.45, 2.75) is 44.7 Å². The number of H-pyrrole nitrogens is 1. The molecule has 1 aromatic rings. The van der Waals surface area contributed by atoms with Gasteiger partial charge in [0.2, 0.25) is 5.91 Å². The summed E-state index contributed by atoms with van der Waals surface area (Å²) >= 11 is 0. The summed E-state index contributed by atoms with van der Waals surface area (Å²) in [5.41, 5.74) is 0. The molecule has 0 saturated heterocycles. The maximum absolute atomic E-state index is 11.6. The average molecular weight is 238 g/mol. The molecule has 1 fully saturated rings. The minimum absolute atomic E-state index is 0.0331. The molecule has 2 rings (SSSR count). The summed E-state index contributed by atoms with van der Waals surface area (Å²) in [6.45, 7) is 2.19. The number of hydrogen-bond acceptors (Lipinski definition) is 5. The van der Waals surface area contributed by atoms with Crippen LogP contribution < -0.4 is 10.6 Å². The lowest BCUT2D eigenvalue weighted by atomic mass is 10.2. The highest BCUT2D eigenvalue weighted by atomic mass is 16.2. The van der Waals surface area contributed by atoms with Gasteiger partial charge < -0.3 is 10.6 Å². The first-order valence-corrected chi connectivity index (χ1v) is 6.02. The monoisotopic (exact) mass is 238 g/mol. The van der Waals surface area contributed by atoms with Crippen LogP contribution in [0.4, 0.5) is 0 Å². The maximum Gasteiger partial charge on any atom is 0.234 e. The number of carbonyl (C=O) groups is 1. The van der Waals surface area contributed by atoms with Gasteiger partial charge in [0.1, 0.15) is 0 Å². The molecule has 1 unspecified atom stereocenters. The third kappa shape index (κ3) is 3.48. The Balaban J connectivity index is 1.69. The van der Waals surface area contributed by atoms with E-state index in [1.165, 1.54) is 25.7 Å². The molecule has 0 spiro atoms. The first-order chi connectivity index (χ1) is 8.25. The van der Waals surface area contributed by atoms with Crippen LogP contribution in [0.1, 0.15) is 44.5 Å². The van der Waals surface area contributed by atoms with Gasteiger partial charge in [-0.1, -0.05) is 18.1 Å². The molecule has 1 amide bonds. The zero-order chi connectivity index (χ0) is 12.1. The molecule has 7 heteroatoms. The molecule has 0 aliphatic heterocycles. The summed E-state index contributed by atoms with van der Waals surface area (Å²) < 4.78 is 0. The van der Waals surface area contributed by atoms with Crippen LogP contribution in [-0.4, -0.2) is 39.1 Å². The third-order valence-corrected chi connectivity index (χ3v) is 3.03. The molecule has 1 aliphatic carbocycles. The number of aromatic nitrogens is 4. The zero-order valence-corrected chi connectivity index (χ0v) is 9.94. The average Bonchev–Trinajstić information content (AvgIpc) is 2.99. The number of amides is 1. The molecule has 94 valence electrons. The van der Waals surface area contributed by atoms with Crippen LogP contribution in [0.5, 0.6) is 0 Å². The van der Waals surface area contributed by atoms with Crippen molar-refractivity contribution in [3.05, 3.63) is 5.82 Å². The van der Waals surface area contributed by atoms with E-state index in [0.29, 0.717) is 18.4 Å². The van der Waals surface area contributed by atoms with Crippen molar-refractivity contribution >= 4 is 5.91 Å². The van der Waals surface area contributed by atoms with Gasteiger partial charge >= 0.3 is 0 Å². The van der Waals surface area contributed by atoms with Crippen LogP contribution >= 0.6 is 0 Å². The lowest BCUT2D eigenvalue weighted by Gasteiger charge is -2.13. The minimum Gasteiger partial charge on any atom is -0.345 e. The summed E-state index contributed by atoms with van der Waals surface area (Å²) in [5.74, 6) is 0.466. The van der Waals surface area contributed by atoms with Gasteiger partial charge in [-0.25, -0.2) is 0 Å². The fourth-order valence-electron chi connectivity index (χ4n) is 2.08. The highest BCUT2D eigenvalue weighted by Gasteiger charge is 2.17. The van der Waals surface area contributed by atoms with Crippen LogP contribution in [0, 0.1) is 0 Å². The Morgan fingerprint density at radius 2 is 2.29 bits per heavy atom. The molecule has 1 aromatic heterocycles. The van der Waals surface area contributed by atoms with E-state index in [0.717, 1.165) is 0 Å². The van der Waals surface area contributed by atoms with E-state index in [9.17, 15) is 4.79 Å². The van der Waals surface area contributed by atoms with E-state index in [4.69, 9.17) is 0 Å². The molecule has 1 heterocycles. The van der Waals surface area contributed by atoms with Gasteiger partial charge in [-0.15, -0.1) is 10.2 Å². The zero-order valence-electron chi connectivity index (χ0n) is 9.94. The number of nitrogens with one attached hydrogen (secondary N) is 3. The van der Waals surface area contributed by atoms with Crippen molar-refractivity contribution in [3.8, 4) is 0 Å². The molecule has 0 aromatic carbocycles. The molecule has 0 radical (unpaired) electrons. The van der Waals surface area contributed by atoms with Gasteiger partial charge in [0.15, 0.2) is 5.82 Å². The van der Waals surface area contributed by atoms with Crippen molar-refractivity contribution in [1.82, 2.24) is 31.3 Å². The molecular formula is C10H18N6O. The van der Waals surface area contributed by atoms with E-state index in [1.54, 1.807) is 0 Å². The predicted molar refractivity (Wildman–Crippen MR) is 61.0 cm³/mol. The van der Waals surface area contributed by atoms with E-state index >= 15 is 0 Å². The number of tetrazole rings is 1. The van der Waals surface area contributed by atoms with Gasteiger partial charge in [0.05, 0.1) is 12.6 Å². The van der Waals surface area contributed by atoms with Gasteiger partial charge in [-0.2, -0.15) is 5.21 Å². The van der Waals surface area contributed by atoms with Gasteiger partial charge in [0.25, 0.3) is 0 Å². The van der Waals surface area contributed by atoms with Crippen molar-refractivity contribution in [3.63, 3.8) is 0 Å². The molecule has 7 nitrogen and oxygen atoms in total. The highest BCUT2D eigenvalue weighted by molar-refractivity contribution is 5.78. The second-order valence-electron chi connectivity index (χ2n) is 4.42. The molecule has 17 heavy (non-hydrogen) atoms. The van der Waals surface area contributed by atoms with E-state index < -0.39 is 0 Å². The molecule has 0 bridgehead atoms. The summed E-state index contributed by atoms with van der Waals surface area (Å²) in [5, 5.41) is 19.5. The van der Waals surface area contributed by atoms with Crippen molar-refractivity contribution < 1.29 is 4.79 Å². The van der Waals surface area contributed by atoms with Gasteiger partial charge in [-0.3, -0.25) is 4.79 Å². The summed E-state index contributed by atoms with van der Waals surface area (Å²) in [6, 6.07) is 0.285. The molecule has 1 aliphatic rings. The van der Waals surface area contributed by atoms with Crippen LogP contribution in [-0.2, 0) is 4.79 Å². The van der Waals surface area contributed by atoms with Crippen LogP contribution in [0.25, 0.3) is 0 Å². The summed E-state index contributed by atoms with van der Waals surface area (Å²) in [7, 11) is 0. The van der Waals surface area contributed by atoms with Crippen LogP contribution in [0.15, 0.2) is 0 Å². The quantitative estimate of drug-likeness (QED) is 0.666. The first kappa shape index (κ1) is 12.0. The molecule has 1 saturated carbocycles. The Bertz CT molecular complexity index is 346. The second kappa shape index (κ2) is 5.72. The third-order valence-electron chi connectivity index (χ3n) is 3.03. The van der Waals surface area contributed by atoms with Crippen molar-refractivity contribution in [2.24, 2.45) is 0 Å². The van der Waals surface area contributed by atoms with Crippen molar-refractivity contribution in [1.29, 1.82) is 0 Å². The standard InChI is InChI=1S/C10H18N6O/c1-7(10-13-15-16-14-10)12-9(17)6-11-8-4-2-3-5-8/h7-8,11H,2-6H2,1H3,(H,12,17)(H,13,14,15,16). The van der Waals surface area contributed by atoms with Crippen LogP contribution in [0.3, 0.4) is 0 Å². The molecule has 1 atom stereocenters. The fourth-order valence-corrected chi connectivity index (χ4v) is 2.08. The number of nitrogens with zero attached hydrogens (tertiary/aromatic N) is 3. The Kier molecular flexibility index (Phi) is 4.03. The van der Waals surface area contributed by atoms with E-state index in [-0.39, 0.29) is 11.9 Å².